The molecule has 0 radical (unpaired) electrons. The molecule has 108 valence electrons. The first kappa shape index (κ1) is 15.0. The SMILES string of the molecule is COC1(C(CCc2ccsc2)NN)CCCCCC1. The number of methoxy groups -OCH3 is 1. The molecule has 0 aromatic carbocycles. The number of thiophene rings is 1. The van der Waals surface area contributed by atoms with Gasteiger partial charge in [0.1, 0.15) is 0 Å². The molecule has 19 heavy (non-hydrogen) atoms. The van der Waals surface area contributed by atoms with Crippen LogP contribution < -0.4 is 11.3 Å². The molecule has 1 aliphatic carbocycles. The minimum atomic E-state index is -0.0682. The minimum Gasteiger partial charge on any atom is -0.377 e. The fourth-order valence-corrected chi connectivity index (χ4v) is 3.97. The lowest BCUT2D eigenvalue weighted by Crippen LogP contribution is -2.54. The minimum absolute atomic E-state index is 0.0682. The number of aryl methyl sites for hydroxylation is 1. The smallest absolute Gasteiger partial charge is 0.0844 e. The molecule has 1 aromatic rings. The lowest BCUT2D eigenvalue weighted by molar-refractivity contribution is -0.0547. The van der Waals surface area contributed by atoms with E-state index in [1.807, 2.05) is 7.11 Å². The summed E-state index contributed by atoms with van der Waals surface area (Å²) in [5.41, 5.74) is 4.37. The van der Waals surface area contributed by atoms with Gasteiger partial charge in [-0.1, -0.05) is 25.7 Å². The fraction of sp³-hybridized carbons (Fsp3) is 0.733. The monoisotopic (exact) mass is 282 g/mol. The molecular formula is C15H26N2OS. The van der Waals surface area contributed by atoms with Crippen molar-refractivity contribution in [1.29, 1.82) is 0 Å². The highest BCUT2D eigenvalue weighted by molar-refractivity contribution is 7.07. The Morgan fingerprint density at radius 2 is 2.11 bits per heavy atom. The zero-order valence-corrected chi connectivity index (χ0v) is 12.7. The summed E-state index contributed by atoms with van der Waals surface area (Å²) < 4.78 is 5.94. The molecule has 0 bridgehead atoms. The van der Waals surface area contributed by atoms with Gasteiger partial charge in [0.25, 0.3) is 0 Å². The maximum atomic E-state index is 5.94. The Labute approximate surface area is 120 Å². The second-order valence-electron chi connectivity index (χ2n) is 5.57. The third-order valence-corrected chi connectivity index (χ3v) is 5.23. The summed E-state index contributed by atoms with van der Waals surface area (Å²) in [6.45, 7) is 0. The molecule has 0 spiro atoms. The summed E-state index contributed by atoms with van der Waals surface area (Å²) >= 11 is 1.76. The van der Waals surface area contributed by atoms with E-state index >= 15 is 0 Å². The van der Waals surface area contributed by atoms with Crippen molar-refractivity contribution in [2.75, 3.05) is 7.11 Å². The van der Waals surface area contributed by atoms with Gasteiger partial charge in [-0.15, -0.1) is 0 Å². The van der Waals surface area contributed by atoms with Gasteiger partial charge in [0.15, 0.2) is 0 Å². The number of ether oxygens (including phenoxy) is 1. The molecule has 1 heterocycles. The van der Waals surface area contributed by atoms with Crippen molar-refractivity contribution in [3.63, 3.8) is 0 Å². The first-order valence-corrected chi connectivity index (χ1v) is 8.27. The highest BCUT2D eigenvalue weighted by atomic mass is 32.1. The molecule has 0 amide bonds. The van der Waals surface area contributed by atoms with Crippen LogP contribution >= 0.6 is 11.3 Å². The predicted molar refractivity (Wildman–Crippen MR) is 81.2 cm³/mol. The third kappa shape index (κ3) is 3.78. The number of nitrogens with one attached hydrogen (secondary N) is 1. The first-order chi connectivity index (χ1) is 9.30. The van der Waals surface area contributed by atoms with Gasteiger partial charge in [0.05, 0.1) is 11.6 Å². The Bertz CT molecular complexity index is 345. The Balaban J connectivity index is 2.00. The van der Waals surface area contributed by atoms with Gasteiger partial charge >= 0.3 is 0 Å². The van der Waals surface area contributed by atoms with Gasteiger partial charge in [0, 0.05) is 7.11 Å². The Hall–Kier alpha value is -0.420. The second kappa shape index (κ2) is 7.39. The van der Waals surface area contributed by atoms with E-state index < -0.39 is 0 Å². The predicted octanol–water partition coefficient (Wildman–Crippen LogP) is 3.25. The quantitative estimate of drug-likeness (QED) is 0.478. The van der Waals surface area contributed by atoms with Crippen LogP contribution in [0.1, 0.15) is 50.5 Å². The molecule has 1 aromatic heterocycles. The second-order valence-corrected chi connectivity index (χ2v) is 6.35. The van der Waals surface area contributed by atoms with Crippen LogP contribution in [-0.4, -0.2) is 18.8 Å². The molecule has 1 unspecified atom stereocenters. The molecule has 4 heteroatoms. The van der Waals surface area contributed by atoms with Crippen LogP contribution in [0.2, 0.25) is 0 Å². The van der Waals surface area contributed by atoms with E-state index in [1.54, 1.807) is 11.3 Å². The molecule has 1 fully saturated rings. The van der Waals surface area contributed by atoms with Gasteiger partial charge in [-0.25, -0.2) is 0 Å². The van der Waals surface area contributed by atoms with Crippen LogP contribution in [0.5, 0.6) is 0 Å². The number of rotatable bonds is 6. The topological polar surface area (TPSA) is 47.3 Å². The highest BCUT2D eigenvalue weighted by Gasteiger charge is 2.38. The maximum Gasteiger partial charge on any atom is 0.0844 e. The lowest BCUT2D eigenvalue weighted by Gasteiger charge is -2.39. The Morgan fingerprint density at radius 1 is 1.37 bits per heavy atom. The molecule has 3 N–H and O–H groups in total. The van der Waals surface area contributed by atoms with Crippen LogP contribution in [0.15, 0.2) is 16.8 Å². The highest BCUT2D eigenvalue weighted by Crippen LogP contribution is 2.34. The van der Waals surface area contributed by atoms with Gasteiger partial charge in [0.2, 0.25) is 0 Å². The Morgan fingerprint density at radius 3 is 2.63 bits per heavy atom. The summed E-state index contributed by atoms with van der Waals surface area (Å²) in [6, 6.07) is 2.45. The summed E-state index contributed by atoms with van der Waals surface area (Å²) in [6.07, 6.45) is 9.53. The van der Waals surface area contributed by atoms with Gasteiger partial charge in [-0.3, -0.25) is 11.3 Å². The van der Waals surface area contributed by atoms with E-state index in [1.165, 1.54) is 31.2 Å². The van der Waals surface area contributed by atoms with E-state index in [-0.39, 0.29) is 11.6 Å². The number of nitrogens with two attached hydrogens (primary N) is 1. The van der Waals surface area contributed by atoms with E-state index in [9.17, 15) is 0 Å². The van der Waals surface area contributed by atoms with E-state index in [4.69, 9.17) is 10.6 Å². The number of hydrazine groups is 1. The summed E-state index contributed by atoms with van der Waals surface area (Å²) in [7, 11) is 1.85. The molecular weight excluding hydrogens is 256 g/mol. The molecule has 2 rings (SSSR count). The molecule has 1 saturated carbocycles. The zero-order chi connectivity index (χ0) is 13.6. The van der Waals surface area contributed by atoms with Crippen LogP contribution in [0.3, 0.4) is 0 Å². The van der Waals surface area contributed by atoms with Crippen LogP contribution in [0, 0.1) is 0 Å². The van der Waals surface area contributed by atoms with Gasteiger partial charge in [-0.05, 0) is 48.1 Å². The van der Waals surface area contributed by atoms with Gasteiger partial charge < -0.3 is 4.74 Å². The summed E-state index contributed by atoms with van der Waals surface area (Å²) in [5, 5.41) is 4.36. The standard InChI is InChI=1S/C15H26N2OS/c1-18-15(9-4-2-3-5-10-15)14(17-16)7-6-13-8-11-19-12-13/h8,11-12,14,17H,2-7,9-10,16H2,1H3. The summed E-state index contributed by atoms with van der Waals surface area (Å²) in [5.74, 6) is 5.83. The molecule has 0 aliphatic heterocycles. The van der Waals surface area contributed by atoms with Crippen LogP contribution in [0.4, 0.5) is 0 Å². The molecule has 1 aliphatic rings. The average Bonchev–Trinajstić information content (AvgIpc) is 2.84. The fourth-order valence-electron chi connectivity index (χ4n) is 3.27. The van der Waals surface area contributed by atoms with Crippen molar-refractivity contribution in [1.82, 2.24) is 5.43 Å². The largest absolute Gasteiger partial charge is 0.377 e. The van der Waals surface area contributed by atoms with Crippen molar-refractivity contribution < 1.29 is 4.74 Å². The van der Waals surface area contributed by atoms with Crippen molar-refractivity contribution in [2.24, 2.45) is 5.84 Å². The third-order valence-electron chi connectivity index (χ3n) is 4.49. The summed E-state index contributed by atoms with van der Waals surface area (Å²) in [4.78, 5) is 0. The number of hydrogen-bond acceptors (Lipinski definition) is 4. The molecule has 3 nitrogen and oxygen atoms in total. The van der Waals surface area contributed by atoms with Gasteiger partial charge in [-0.2, -0.15) is 11.3 Å². The van der Waals surface area contributed by atoms with Crippen molar-refractivity contribution in [3.05, 3.63) is 22.4 Å². The zero-order valence-electron chi connectivity index (χ0n) is 11.9. The number of hydrogen-bond donors (Lipinski definition) is 2. The van der Waals surface area contributed by atoms with E-state index in [2.05, 4.69) is 22.3 Å². The average molecular weight is 282 g/mol. The molecule has 1 atom stereocenters. The van der Waals surface area contributed by atoms with Crippen LogP contribution in [0.25, 0.3) is 0 Å². The first-order valence-electron chi connectivity index (χ1n) is 7.33. The van der Waals surface area contributed by atoms with E-state index in [0.29, 0.717) is 0 Å². The van der Waals surface area contributed by atoms with E-state index in [0.717, 1.165) is 25.7 Å². The van der Waals surface area contributed by atoms with Crippen molar-refractivity contribution >= 4 is 11.3 Å². The normalized spacial score (nSPS) is 20.9. The van der Waals surface area contributed by atoms with Crippen molar-refractivity contribution in [2.45, 2.75) is 63.0 Å². The lowest BCUT2D eigenvalue weighted by atomic mass is 9.83. The van der Waals surface area contributed by atoms with Crippen LogP contribution in [-0.2, 0) is 11.2 Å². The molecule has 0 saturated heterocycles. The van der Waals surface area contributed by atoms with Crippen molar-refractivity contribution in [3.8, 4) is 0 Å². The Kier molecular flexibility index (Phi) is 5.82. The maximum absolute atomic E-state index is 5.94.